The molecular formula is C13H14N2O2. The number of aromatic carboxylic acids is 1. The normalized spacial score (nSPS) is 10.5. The van der Waals surface area contributed by atoms with Crippen LogP contribution in [0, 0.1) is 0 Å². The number of hydrogen-bond donors (Lipinski definition) is 1. The van der Waals surface area contributed by atoms with Gasteiger partial charge in [-0.25, -0.2) is 4.79 Å². The maximum absolute atomic E-state index is 11.2. The molecule has 1 aromatic heterocycles. The van der Waals surface area contributed by atoms with Gasteiger partial charge in [0.1, 0.15) is 0 Å². The summed E-state index contributed by atoms with van der Waals surface area (Å²) in [7, 11) is 1.64. The Morgan fingerprint density at radius 3 is 2.71 bits per heavy atom. The molecule has 1 N–H and O–H groups in total. The van der Waals surface area contributed by atoms with E-state index in [1.165, 1.54) is 4.68 Å². The van der Waals surface area contributed by atoms with E-state index in [9.17, 15) is 9.90 Å². The molecule has 1 heterocycles. The van der Waals surface area contributed by atoms with E-state index in [4.69, 9.17) is 0 Å². The lowest BCUT2D eigenvalue weighted by atomic mass is 9.98. The van der Waals surface area contributed by atoms with Crippen LogP contribution in [0.5, 0.6) is 0 Å². The van der Waals surface area contributed by atoms with E-state index >= 15 is 0 Å². The summed E-state index contributed by atoms with van der Waals surface area (Å²) in [6, 6.07) is 7.81. The quantitative estimate of drug-likeness (QED) is 0.880. The van der Waals surface area contributed by atoms with Gasteiger partial charge in [-0.3, -0.25) is 4.68 Å². The fourth-order valence-electron chi connectivity index (χ4n) is 1.98. The van der Waals surface area contributed by atoms with E-state index in [-0.39, 0.29) is 5.69 Å². The molecule has 2 aromatic rings. The van der Waals surface area contributed by atoms with Crippen molar-refractivity contribution < 1.29 is 9.90 Å². The van der Waals surface area contributed by atoms with Crippen LogP contribution in [0.25, 0.3) is 11.1 Å². The van der Waals surface area contributed by atoms with Crippen LogP contribution in [0.4, 0.5) is 0 Å². The second-order valence-corrected chi connectivity index (χ2v) is 3.85. The molecule has 0 atom stereocenters. The number of benzene rings is 1. The van der Waals surface area contributed by atoms with Crippen LogP contribution in [0.15, 0.2) is 30.5 Å². The van der Waals surface area contributed by atoms with Gasteiger partial charge in [-0.05, 0) is 17.5 Å². The summed E-state index contributed by atoms with van der Waals surface area (Å²) in [5, 5.41) is 13.2. The van der Waals surface area contributed by atoms with Crippen LogP contribution in [-0.2, 0) is 13.5 Å². The third-order valence-electron chi connectivity index (χ3n) is 2.83. The molecule has 0 saturated carbocycles. The van der Waals surface area contributed by atoms with Crippen molar-refractivity contribution in [3.8, 4) is 11.1 Å². The minimum Gasteiger partial charge on any atom is -0.477 e. The van der Waals surface area contributed by atoms with Gasteiger partial charge in [-0.15, -0.1) is 0 Å². The number of hydrogen-bond acceptors (Lipinski definition) is 2. The van der Waals surface area contributed by atoms with Crippen LogP contribution in [0.1, 0.15) is 23.0 Å². The molecular weight excluding hydrogens is 216 g/mol. The van der Waals surface area contributed by atoms with E-state index in [2.05, 4.69) is 12.0 Å². The molecule has 4 heteroatoms. The van der Waals surface area contributed by atoms with Gasteiger partial charge in [-0.1, -0.05) is 31.2 Å². The maximum Gasteiger partial charge on any atom is 0.354 e. The molecule has 0 unspecified atom stereocenters. The van der Waals surface area contributed by atoms with E-state index in [1.807, 2.05) is 24.3 Å². The van der Waals surface area contributed by atoms with Gasteiger partial charge in [0.05, 0.1) is 6.20 Å². The molecule has 0 aliphatic heterocycles. The summed E-state index contributed by atoms with van der Waals surface area (Å²) < 4.78 is 1.39. The largest absolute Gasteiger partial charge is 0.477 e. The van der Waals surface area contributed by atoms with Crippen LogP contribution in [0.2, 0.25) is 0 Å². The van der Waals surface area contributed by atoms with Crippen molar-refractivity contribution in [1.29, 1.82) is 0 Å². The molecule has 0 saturated heterocycles. The van der Waals surface area contributed by atoms with Gasteiger partial charge in [0.25, 0.3) is 0 Å². The lowest BCUT2D eigenvalue weighted by Crippen LogP contribution is -2.07. The van der Waals surface area contributed by atoms with Crippen molar-refractivity contribution in [2.45, 2.75) is 13.3 Å². The summed E-state index contributed by atoms with van der Waals surface area (Å²) in [4.78, 5) is 11.2. The second-order valence-electron chi connectivity index (χ2n) is 3.85. The second kappa shape index (κ2) is 4.41. The predicted octanol–water partition coefficient (Wildman–Crippen LogP) is 2.35. The highest BCUT2D eigenvalue weighted by molar-refractivity contribution is 5.94. The van der Waals surface area contributed by atoms with Crippen molar-refractivity contribution in [3.05, 3.63) is 41.7 Å². The summed E-state index contributed by atoms with van der Waals surface area (Å²) in [5.41, 5.74) is 2.98. The average Bonchev–Trinajstić information content (AvgIpc) is 2.71. The molecule has 88 valence electrons. The molecule has 0 spiro atoms. The zero-order chi connectivity index (χ0) is 12.4. The number of nitrogens with zero attached hydrogens (tertiary/aromatic N) is 2. The lowest BCUT2D eigenvalue weighted by Gasteiger charge is -2.07. The topological polar surface area (TPSA) is 55.1 Å². The molecule has 4 nitrogen and oxygen atoms in total. The van der Waals surface area contributed by atoms with Crippen LogP contribution >= 0.6 is 0 Å². The number of carboxylic acid groups (broad SMARTS) is 1. The first kappa shape index (κ1) is 11.4. The minimum atomic E-state index is -0.953. The molecule has 17 heavy (non-hydrogen) atoms. The van der Waals surface area contributed by atoms with Gasteiger partial charge >= 0.3 is 5.97 Å². The van der Waals surface area contributed by atoms with Gasteiger partial charge in [0, 0.05) is 12.6 Å². The smallest absolute Gasteiger partial charge is 0.354 e. The molecule has 1 aromatic carbocycles. The summed E-state index contributed by atoms with van der Waals surface area (Å²) in [6.45, 7) is 2.05. The highest BCUT2D eigenvalue weighted by Gasteiger charge is 2.18. The first-order valence-electron chi connectivity index (χ1n) is 5.48. The number of aromatic nitrogens is 2. The Kier molecular flexibility index (Phi) is 2.95. The molecule has 2 rings (SSSR count). The minimum absolute atomic E-state index is 0.228. The number of rotatable bonds is 3. The third-order valence-corrected chi connectivity index (χ3v) is 2.83. The van der Waals surface area contributed by atoms with Crippen molar-refractivity contribution in [3.63, 3.8) is 0 Å². The molecule has 0 aliphatic carbocycles. The average molecular weight is 230 g/mol. The van der Waals surface area contributed by atoms with Crippen LogP contribution in [0.3, 0.4) is 0 Å². The maximum atomic E-state index is 11.2. The summed E-state index contributed by atoms with van der Waals surface area (Å²) in [5.74, 6) is -0.953. The molecule has 0 fully saturated rings. The Labute approximate surface area is 99.5 Å². The number of aryl methyl sites for hydroxylation is 2. The Hall–Kier alpha value is -2.10. The summed E-state index contributed by atoms with van der Waals surface area (Å²) >= 11 is 0. The Morgan fingerprint density at radius 1 is 1.35 bits per heavy atom. The van der Waals surface area contributed by atoms with Gasteiger partial charge in [0.15, 0.2) is 5.69 Å². The molecule has 0 aliphatic rings. The van der Waals surface area contributed by atoms with Crippen LogP contribution in [-0.4, -0.2) is 20.9 Å². The van der Waals surface area contributed by atoms with Gasteiger partial charge < -0.3 is 5.11 Å². The molecule has 0 bridgehead atoms. The standard InChI is InChI=1S/C13H14N2O2/c1-3-9-6-4-5-7-10(9)11-8-14-15(2)12(11)13(16)17/h4-8H,3H2,1-2H3,(H,16,17). The predicted molar refractivity (Wildman–Crippen MR) is 65.0 cm³/mol. The van der Waals surface area contributed by atoms with Crippen LogP contribution < -0.4 is 0 Å². The molecule has 0 amide bonds. The summed E-state index contributed by atoms with van der Waals surface area (Å²) in [6.07, 6.45) is 2.47. The first-order chi connectivity index (χ1) is 8.15. The van der Waals surface area contributed by atoms with Crippen molar-refractivity contribution in [2.75, 3.05) is 0 Å². The fraction of sp³-hybridized carbons (Fsp3) is 0.231. The number of carbonyl (C=O) groups is 1. The van der Waals surface area contributed by atoms with E-state index in [1.54, 1.807) is 13.2 Å². The number of carboxylic acids is 1. The fourth-order valence-corrected chi connectivity index (χ4v) is 1.98. The van der Waals surface area contributed by atoms with Crippen molar-refractivity contribution >= 4 is 5.97 Å². The van der Waals surface area contributed by atoms with Gasteiger partial charge in [-0.2, -0.15) is 5.10 Å². The SMILES string of the molecule is CCc1ccccc1-c1cnn(C)c1C(=O)O. The highest BCUT2D eigenvalue weighted by Crippen LogP contribution is 2.27. The van der Waals surface area contributed by atoms with Crippen molar-refractivity contribution in [2.24, 2.45) is 7.05 Å². The van der Waals surface area contributed by atoms with E-state index < -0.39 is 5.97 Å². The first-order valence-corrected chi connectivity index (χ1v) is 5.48. The Morgan fingerprint density at radius 2 is 2.06 bits per heavy atom. The van der Waals surface area contributed by atoms with Crippen molar-refractivity contribution in [1.82, 2.24) is 9.78 Å². The van der Waals surface area contributed by atoms with E-state index in [0.29, 0.717) is 5.56 Å². The highest BCUT2D eigenvalue weighted by atomic mass is 16.4. The monoisotopic (exact) mass is 230 g/mol. The zero-order valence-electron chi connectivity index (χ0n) is 9.84. The van der Waals surface area contributed by atoms with Gasteiger partial charge in [0.2, 0.25) is 0 Å². The van der Waals surface area contributed by atoms with E-state index in [0.717, 1.165) is 17.5 Å². The Balaban J connectivity index is 2.65. The third kappa shape index (κ3) is 1.93. The Bertz CT molecular complexity index is 558. The lowest BCUT2D eigenvalue weighted by molar-refractivity contribution is 0.0686. The zero-order valence-corrected chi connectivity index (χ0v) is 9.84. The molecule has 0 radical (unpaired) electrons.